The zero-order chi connectivity index (χ0) is 18.1. The Morgan fingerprint density at radius 3 is 2.81 bits per heavy atom. The number of aromatic nitrogens is 1. The molecule has 3 aromatic carbocycles. The molecule has 1 aromatic heterocycles. The average Bonchev–Trinajstić information content (AvgIpc) is 2.98. The van der Waals surface area contributed by atoms with Gasteiger partial charge in [0.25, 0.3) is 5.91 Å². The number of carbonyl (C=O) groups excluding carboxylic acids is 1. The molecule has 1 heterocycles. The third kappa shape index (κ3) is 3.02. The number of hydrogen-bond donors (Lipinski definition) is 0. The van der Waals surface area contributed by atoms with Crippen molar-refractivity contribution in [1.82, 2.24) is 4.57 Å². The van der Waals surface area contributed by atoms with E-state index in [1.165, 1.54) is 10.8 Å². The predicted molar refractivity (Wildman–Crippen MR) is 106 cm³/mol. The average molecular weight is 362 g/mol. The topological polar surface area (TPSA) is 43.6 Å². The lowest BCUT2D eigenvalue weighted by Crippen LogP contribution is -2.14. The van der Waals surface area contributed by atoms with Crippen molar-refractivity contribution in [3.05, 3.63) is 71.0 Å². The molecule has 130 valence electrons. The van der Waals surface area contributed by atoms with E-state index in [0.717, 1.165) is 21.5 Å². The number of fused-ring (bicyclic) bond motifs is 3. The number of hydrogen-bond acceptors (Lipinski definition) is 3. The van der Waals surface area contributed by atoms with E-state index in [0.29, 0.717) is 4.80 Å². The first kappa shape index (κ1) is 16.5. The van der Waals surface area contributed by atoms with Gasteiger partial charge >= 0.3 is 0 Å². The summed E-state index contributed by atoms with van der Waals surface area (Å²) in [7, 11) is 3.57. The van der Waals surface area contributed by atoms with Crippen LogP contribution in [0.3, 0.4) is 0 Å². The van der Waals surface area contributed by atoms with Gasteiger partial charge in [-0.2, -0.15) is 4.99 Å². The summed E-state index contributed by atoms with van der Waals surface area (Å²) in [5.41, 5.74) is 1.98. The summed E-state index contributed by atoms with van der Waals surface area (Å²) in [4.78, 5) is 17.5. The minimum atomic E-state index is -0.162. The minimum absolute atomic E-state index is 0.162. The third-order valence-electron chi connectivity index (χ3n) is 4.41. The molecular formula is C21H18N2O2S. The quantitative estimate of drug-likeness (QED) is 0.551. The van der Waals surface area contributed by atoms with Gasteiger partial charge in [0.2, 0.25) is 0 Å². The highest BCUT2D eigenvalue weighted by Crippen LogP contribution is 2.27. The van der Waals surface area contributed by atoms with E-state index in [-0.39, 0.29) is 12.3 Å². The van der Waals surface area contributed by atoms with Crippen molar-refractivity contribution < 1.29 is 9.53 Å². The number of carbonyl (C=O) groups is 1. The van der Waals surface area contributed by atoms with Crippen LogP contribution in [0.25, 0.3) is 21.0 Å². The van der Waals surface area contributed by atoms with Crippen molar-refractivity contribution in [2.75, 3.05) is 7.11 Å². The largest absolute Gasteiger partial charge is 0.497 e. The third-order valence-corrected chi connectivity index (χ3v) is 5.59. The summed E-state index contributed by atoms with van der Waals surface area (Å²) < 4.78 is 8.34. The van der Waals surface area contributed by atoms with Gasteiger partial charge in [-0.25, -0.2) is 0 Å². The molecule has 0 N–H and O–H groups in total. The Morgan fingerprint density at radius 2 is 1.96 bits per heavy atom. The number of amides is 1. The van der Waals surface area contributed by atoms with Gasteiger partial charge in [-0.15, -0.1) is 0 Å². The van der Waals surface area contributed by atoms with Crippen molar-refractivity contribution in [3.63, 3.8) is 0 Å². The van der Waals surface area contributed by atoms with Crippen molar-refractivity contribution >= 4 is 38.2 Å². The molecule has 0 atom stereocenters. The van der Waals surface area contributed by atoms with E-state index < -0.39 is 0 Å². The van der Waals surface area contributed by atoms with Crippen molar-refractivity contribution in [1.29, 1.82) is 0 Å². The fraction of sp³-hybridized carbons (Fsp3) is 0.143. The monoisotopic (exact) mass is 362 g/mol. The predicted octanol–water partition coefficient (Wildman–Crippen LogP) is 4.07. The summed E-state index contributed by atoms with van der Waals surface area (Å²) in [6.07, 6.45) is 0.256. The molecule has 4 rings (SSSR count). The van der Waals surface area contributed by atoms with Crippen LogP contribution in [0.4, 0.5) is 0 Å². The Hall–Kier alpha value is -2.92. The molecule has 0 aliphatic heterocycles. The molecule has 0 bridgehead atoms. The number of ether oxygens (including phenoxy) is 1. The first-order valence-electron chi connectivity index (χ1n) is 8.33. The fourth-order valence-electron chi connectivity index (χ4n) is 3.07. The lowest BCUT2D eigenvalue weighted by Gasteiger charge is -2.02. The lowest BCUT2D eigenvalue weighted by molar-refractivity contribution is -0.117. The first-order valence-corrected chi connectivity index (χ1v) is 9.15. The number of nitrogens with zero attached hydrogens (tertiary/aromatic N) is 2. The molecule has 5 heteroatoms. The molecule has 0 fully saturated rings. The fourth-order valence-corrected chi connectivity index (χ4v) is 4.24. The van der Waals surface area contributed by atoms with Crippen LogP contribution in [0.1, 0.15) is 5.56 Å². The van der Waals surface area contributed by atoms with E-state index in [4.69, 9.17) is 4.74 Å². The Labute approximate surface area is 155 Å². The van der Waals surface area contributed by atoms with E-state index in [2.05, 4.69) is 29.3 Å². The summed E-state index contributed by atoms with van der Waals surface area (Å²) in [5.74, 6) is 0.582. The number of benzene rings is 3. The number of thiazole rings is 1. The van der Waals surface area contributed by atoms with Crippen LogP contribution >= 0.6 is 11.3 Å². The van der Waals surface area contributed by atoms with Crippen molar-refractivity contribution in [3.8, 4) is 5.75 Å². The van der Waals surface area contributed by atoms with Gasteiger partial charge in [0.05, 0.1) is 23.7 Å². The Balaban J connectivity index is 1.74. The summed E-state index contributed by atoms with van der Waals surface area (Å²) in [6, 6.07) is 20.0. The normalized spacial score (nSPS) is 12.0. The molecule has 0 radical (unpaired) electrons. The second-order valence-electron chi connectivity index (χ2n) is 6.11. The van der Waals surface area contributed by atoms with Crippen molar-refractivity contribution in [2.45, 2.75) is 6.42 Å². The molecule has 4 aromatic rings. The molecule has 0 unspecified atom stereocenters. The van der Waals surface area contributed by atoms with Crippen molar-refractivity contribution in [2.24, 2.45) is 12.0 Å². The zero-order valence-corrected chi connectivity index (χ0v) is 15.4. The maximum absolute atomic E-state index is 12.5. The van der Waals surface area contributed by atoms with Gasteiger partial charge < -0.3 is 9.30 Å². The Bertz CT molecular complexity index is 1190. The SMILES string of the molecule is COc1cccc(CC(=O)N=c2sc3c4ccccc4ccc3n2C)c1. The summed E-state index contributed by atoms with van der Waals surface area (Å²) in [6.45, 7) is 0. The second kappa shape index (κ2) is 6.77. The molecule has 0 aliphatic rings. The van der Waals surface area contributed by atoms with Crippen LogP contribution in [-0.4, -0.2) is 17.6 Å². The molecule has 0 spiro atoms. The number of methoxy groups -OCH3 is 1. The first-order chi connectivity index (χ1) is 12.7. The molecule has 4 nitrogen and oxygen atoms in total. The summed E-state index contributed by atoms with van der Waals surface area (Å²) >= 11 is 1.55. The smallest absolute Gasteiger partial charge is 0.252 e. The van der Waals surface area contributed by atoms with Crippen LogP contribution in [-0.2, 0) is 18.3 Å². The van der Waals surface area contributed by atoms with Gasteiger partial charge in [0.1, 0.15) is 5.75 Å². The van der Waals surface area contributed by atoms with Crippen LogP contribution in [0.5, 0.6) is 5.75 Å². The molecular weight excluding hydrogens is 344 g/mol. The maximum Gasteiger partial charge on any atom is 0.252 e. The highest BCUT2D eigenvalue weighted by Gasteiger charge is 2.09. The molecule has 0 aliphatic carbocycles. The Kier molecular flexibility index (Phi) is 4.31. The van der Waals surface area contributed by atoms with Crippen LogP contribution in [0.15, 0.2) is 65.7 Å². The van der Waals surface area contributed by atoms with E-state index >= 15 is 0 Å². The van der Waals surface area contributed by atoms with Gasteiger partial charge in [-0.3, -0.25) is 4.79 Å². The number of rotatable bonds is 3. The standard InChI is InChI=1S/C21H18N2O2S/c1-23-18-11-10-15-7-3-4-9-17(15)20(18)26-21(23)22-19(24)13-14-6-5-8-16(12-14)25-2/h3-12H,13H2,1-2H3. The van der Waals surface area contributed by atoms with Gasteiger partial charge in [0, 0.05) is 12.4 Å². The second-order valence-corrected chi connectivity index (χ2v) is 7.09. The summed E-state index contributed by atoms with van der Waals surface area (Å²) in [5, 5.41) is 2.38. The van der Waals surface area contributed by atoms with E-state index in [9.17, 15) is 4.79 Å². The van der Waals surface area contributed by atoms with Crippen LogP contribution < -0.4 is 9.54 Å². The van der Waals surface area contributed by atoms with Gasteiger partial charge in [0.15, 0.2) is 4.80 Å². The van der Waals surface area contributed by atoms with E-state index in [1.54, 1.807) is 18.4 Å². The highest BCUT2D eigenvalue weighted by atomic mass is 32.1. The van der Waals surface area contributed by atoms with Gasteiger partial charge in [-0.05, 0) is 29.1 Å². The zero-order valence-electron chi connectivity index (χ0n) is 14.6. The van der Waals surface area contributed by atoms with Crippen LogP contribution in [0, 0.1) is 0 Å². The maximum atomic E-state index is 12.5. The van der Waals surface area contributed by atoms with E-state index in [1.807, 2.05) is 48.0 Å². The van der Waals surface area contributed by atoms with Crippen LogP contribution in [0.2, 0.25) is 0 Å². The molecule has 1 amide bonds. The molecule has 0 saturated carbocycles. The lowest BCUT2D eigenvalue weighted by atomic mass is 10.1. The minimum Gasteiger partial charge on any atom is -0.497 e. The number of aryl methyl sites for hydroxylation is 1. The highest BCUT2D eigenvalue weighted by molar-refractivity contribution is 7.17. The molecule has 26 heavy (non-hydrogen) atoms. The van der Waals surface area contributed by atoms with Gasteiger partial charge in [-0.1, -0.05) is 53.8 Å². The Morgan fingerprint density at radius 1 is 1.12 bits per heavy atom. The molecule has 0 saturated heterocycles.